The zero-order valence-electron chi connectivity index (χ0n) is 10.7. The number of rotatable bonds is 3. The first kappa shape index (κ1) is 12.3. The first-order chi connectivity index (χ1) is 8.60. The van der Waals surface area contributed by atoms with Crippen molar-refractivity contribution >= 4 is 5.78 Å². The van der Waals surface area contributed by atoms with E-state index in [1.807, 2.05) is 31.2 Å². The number of carbonyl (C=O) groups is 1. The van der Waals surface area contributed by atoms with E-state index >= 15 is 0 Å². The smallest absolute Gasteiger partial charge is 0.159 e. The van der Waals surface area contributed by atoms with Crippen molar-refractivity contribution in [2.24, 2.45) is 0 Å². The third-order valence-electron chi connectivity index (χ3n) is 2.77. The molecular formula is C15H15NO2. The molecule has 1 heterocycles. The van der Waals surface area contributed by atoms with Crippen molar-refractivity contribution in [2.75, 3.05) is 7.11 Å². The van der Waals surface area contributed by atoms with Crippen LogP contribution in [0.5, 0.6) is 5.75 Å². The first-order valence-corrected chi connectivity index (χ1v) is 5.72. The molecule has 0 fully saturated rings. The molecule has 2 rings (SSSR count). The molecule has 0 atom stereocenters. The van der Waals surface area contributed by atoms with Crippen molar-refractivity contribution in [1.82, 2.24) is 4.98 Å². The molecule has 0 saturated carbocycles. The normalized spacial score (nSPS) is 10.2. The molecule has 0 unspecified atom stereocenters. The number of ketones is 1. The Kier molecular flexibility index (Phi) is 3.42. The number of methoxy groups -OCH3 is 1. The molecule has 0 aliphatic rings. The minimum absolute atomic E-state index is 0.0656. The van der Waals surface area contributed by atoms with Crippen molar-refractivity contribution in [3.8, 4) is 16.9 Å². The summed E-state index contributed by atoms with van der Waals surface area (Å²) in [5.41, 5.74) is 3.69. The van der Waals surface area contributed by atoms with Crippen LogP contribution in [0.2, 0.25) is 0 Å². The molecule has 0 spiro atoms. The molecule has 0 N–H and O–H groups in total. The highest BCUT2D eigenvalue weighted by Crippen LogP contribution is 2.24. The fourth-order valence-electron chi connectivity index (χ4n) is 1.84. The van der Waals surface area contributed by atoms with Gasteiger partial charge in [-0.15, -0.1) is 0 Å². The molecule has 2 aromatic rings. The Morgan fingerprint density at radius 3 is 2.56 bits per heavy atom. The fourth-order valence-corrected chi connectivity index (χ4v) is 1.84. The summed E-state index contributed by atoms with van der Waals surface area (Å²) in [5, 5.41) is 0. The van der Waals surface area contributed by atoms with E-state index in [0.29, 0.717) is 11.3 Å². The second kappa shape index (κ2) is 5.00. The number of aromatic nitrogens is 1. The van der Waals surface area contributed by atoms with Gasteiger partial charge in [0.05, 0.1) is 13.3 Å². The highest BCUT2D eigenvalue weighted by atomic mass is 16.5. The van der Waals surface area contributed by atoms with E-state index in [2.05, 4.69) is 4.98 Å². The summed E-state index contributed by atoms with van der Waals surface area (Å²) in [6.07, 6.45) is 3.42. The van der Waals surface area contributed by atoms with Gasteiger partial charge in [-0.05, 0) is 43.2 Å². The SMILES string of the molecule is COc1cncc(-c2cc(C)cc(C(C)=O)c2)c1. The summed E-state index contributed by atoms with van der Waals surface area (Å²) < 4.78 is 5.15. The van der Waals surface area contributed by atoms with Crippen molar-refractivity contribution in [2.45, 2.75) is 13.8 Å². The number of hydrogen-bond acceptors (Lipinski definition) is 3. The lowest BCUT2D eigenvalue weighted by molar-refractivity contribution is 0.101. The predicted molar refractivity (Wildman–Crippen MR) is 71.0 cm³/mol. The van der Waals surface area contributed by atoms with Gasteiger partial charge in [0.2, 0.25) is 0 Å². The van der Waals surface area contributed by atoms with Crippen LogP contribution in [0.3, 0.4) is 0 Å². The number of hydrogen-bond donors (Lipinski definition) is 0. The molecule has 0 bridgehead atoms. The highest BCUT2D eigenvalue weighted by molar-refractivity contribution is 5.95. The van der Waals surface area contributed by atoms with E-state index in [-0.39, 0.29) is 5.78 Å². The van der Waals surface area contributed by atoms with Gasteiger partial charge in [0.15, 0.2) is 5.78 Å². The maximum Gasteiger partial charge on any atom is 0.159 e. The summed E-state index contributed by atoms with van der Waals surface area (Å²) in [6, 6.07) is 7.71. The zero-order valence-corrected chi connectivity index (χ0v) is 10.7. The number of aryl methyl sites for hydroxylation is 1. The summed E-state index contributed by atoms with van der Waals surface area (Å²) in [5.74, 6) is 0.772. The van der Waals surface area contributed by atoms with E-state index in [1.165, 1.54) is 0 Å². The quantitative estimate of drug-likeness (QED) is 0.774. The standard InChI is InChI=1S/C15H15NO2/c1-10-4-12(11(2)17)6-13(5-10)14-7-15(18-3)9-16-8-14/h4-9H,1-3H3. The monoisotopic (exact) mass is 241 g/mol. The molecule has 0 radical (unpaired) electrons. The van der Waals surface area contributed by atoms with E-state index < -0.39 is 0 Å². The third kappa shape index (κ3) is 2.56. The van der Waals surface area contributed by atoms with Gasteiger partial charge in [0.25, 0.3) is 0 Å². The number of ether oxygens (including phenoxy) is 1. The summed E-state index contributed by atoms with van der Waals surface area (Å²) in [4.78, 5) is 15.6. The van der Waals surface area contributed by atoms with Crippen LogP contribution in [0.4, 0.5) is 0 Å². The Hall–Kier alpha value is -2.16. The number of Topliss-reactive ketones (excluding diaryl/α,β-unsaturated/α-hetero) is 1. The van der Waals surface area contributed by atoms with Crippen molar-refractivity contribution in [1.29, 1.82) is 0 Å². The predicted octanol–water partition coefficient (Wildman–Crippen LogP) is 3.27. The van der Waals surface area contributed by atoms with Gasteiger partial charge in [-0.1, -0.05) is 6.07 Å². The van der Waals surface area contributed by atoms with Crippen LogP contribution in [0.15, 0.2) is 36.7 Å². The van der Waals surface area contributed by atoms with Crippen molar-refractivity contribution in [3.63, 3.8) is 0 Å². The highest BCUT2D eigenvalue weighted by Gasteiger charge is 2.06. The molecule has 0 aliphatic heterocycles. The van der Waals surface area contributed by atoms with E-state index in [4.69, 9.17) is 4.74 Å². The lowest BCUT2D eigenvalue weighted by Crippen LogP contribution is -1.94. The number of nitrogens with zero attached hydrogens (tertiary/aromatic N) is 1. The first-order valence-electron chi connectivity index (χ1n) is 5.72. The van der Waals surface area contributed by atoms with Gasteiger partial charge in [-0.3, -0.25) is 9.78 Å². The lowest BCUT2D eigenvalue weighted by atomic mass is 10.00. The maximum absolute atomic E-state index is 11.5. The molecule has 0 aliphatic carbocycles. The molecule has 92 valence electrons. The van der Waals surface area contributed by atoms with Crippen LogP contribution in [-0.2, 0) is 0 Å². The van der Waals surface area contributed by atoms with Crippen molar-refractivity contribution in [3.05, 3.63) is 47.8 Å². The van der Waals surface area contributed by atoms with Crippen molar-refractivity contribution < 1.29 is 9.53 Å². The molecular weight excluding hydrogens is 226 g/mol. The average molecular weight is 241 g/mol. The van der Waals surface area contributed by atoms with Gasteiger partial charge >= 0.3 is 0 Å². The Labute approximate surface area is 106 Å². The number of pyridine rings is 1. The molecule has 3 heteroatoms. The van der Waals surface area contributed by atoms with Gasteiger partial charge in [-0.25, -0.2) is 0 Å². The fraction of sp³-hybridized carbons (Fsp3) is 0.200. The summed E-state index contributed by atoms with van der Waals surface area (Å²) in [6.45, 7) is 3.55. The summed E-state index contributed by atoms with van der Waals surface area (Å²) in [7, 11) is 1.61. The van der Waals surface area contributed by atoms with E-state index in [1.54, 1.807) is 26.4 Å². The molecule has 3 nitrogen and oxygen atoms in total. The summed E-state index contributed by atoms with van der Waals surface area (Å²) >= 11 is 0. The minimum Gasteiger partial charge on any atom is -0.495 e. The van der Waals surface area contributed by atoms with Crippen LogP contribution in [-0.4, -0.2) is 17.9 Å². The topological polar surface area (TPSA) is 39.2 Å². The average Bonchev–Trinajstić information content (AvgIpc) is 2.38. The van der Waals surface area contributed by atoms with Crippen LogP contribution in [0.25, 0.3) is 11.1 Å². The van der Waals surface area contributed by atoms with Gasteiger partial charge in [0, 0.05) is 17.3 Å². The Bertz CT molecular complexity index is 591. The second-order valence-electron chi connectivity index (χ2n) is 4.26. The largest absolute Gasteiger partial charge is 0.495 e. The molecule has 18 heavy (non-hydrogen) atoms. The van der Waals surface area contributed by atoms with Gasteiger partial charge < -0.3 is 4.74 Å². The molecule has 1 aromatic carbocycles. The Morgan fingerprint density at radius 2 is 1.89 bits per heavy atom. The van der Waals surface area contributed by atoms with E-state index in [0.717, 1.165) is 16.7 Å². The number of carbonyl (C=O) groups excluding carboxylic acids is 1. The zero-order chi connectivity index (χ0) is 13.1. The second-order valence-corrected chi connectivity index (χ2v) is 4.26. The maximum atomic E-state index is 11.5. The lowest BCUT2D eigenvalue weighted by Gasteiger charge is -2.07. The van der Waals surface area contributed by atoms with Gasteiger partial charge in [-0.2, -0.15) is 0 Å². The van der Waals surface area contributed by atoms with Crippen LogP contribution < -0.4 is 4.74 Å². The molecule has 0 amide bonds. The van der Waals surface area contributed by atoms with E-state index in [9.17, 15) is 4.79 Å². The third-order valence-corrected chi connectivity index (χ3v) is 2.77. The minimum atomic E-state index is 0.0656. The Balaban J connectivity index is 2.52. The van der Waals surface area contributed by atoms with Crippen LogP contribution in [0, 0.1) is 6.92 Å². The molecule has 1 aromatic heterocycles. The number of benzene rings is 1. The van der Waals surface area contributed by atoms with Crippen LogP contribution in [0.1, 0.15) is 22.8 Å². The molecule has 0 saturated heterocycles. The van der Waals surface area contributed by atoms with Gasteiger partial charge in [0.1, 0.15) is 5.75 Å². The van der Waals surface area contributed by atoms with Crippen LogP contribution >= 0.6 is 0 Å². The Morgan fingerprint density at radius 1 is 1.11 bits per heavy atom.